The van der Waals surface area contributed by atoms with Crippen molar-refractivity contribution in [3.63, 3.8) is 0 Å². The molecule has 2 nitrogen and oxygen atoms in total. The summed E-state index contributed by atoms with van der Waals surface area (Å²) in [6, 6.07) is 4.66. The van der Waals surface area contributed by atoms with Crippen LogP contribution in [0.15, 0.2) is 18.2 Å². The smallest absolute Gasteiger partial charge is 0.142 e. The predicted octanol–water partition coefficient (Wildman–Crippen LogP) is 1.98. The number of aliphatic hydroxyl groups excluding tert-OH is 1. The lowest BCUT2D eigenvalue weighted by atomic mass is 9.84. The van der Waals surface area contributed by atoms with Gasteiger partial charge in [0.15, 0.2) is 0 Å². The van der Waals surface area contributed by atoms with Gasteiger partial charge in [-0.2, -0.15) is 0 Å². The maximum Gasteiger partial charge on any atom is 0.142 e. The molecule has 0 aliphatic carbocycles. The van der Waals surface area contributed by atoms with E-state index in [0.29, 0.717) is 18.5 Å². The zero-order chi connectivity index (χ0) is 11.5. The monoisotopic (exact) mass is 231 g/mol. The highest BCUT2D eigenvalue weighted by Gasteiger charge is 2.23. The number of benzene rings is 1. The lowest BCUT2D eigenvalue weighted by Gasteiger charge is -2.25. The first kappa shape index (κ1) is 12.4. The van der Waals surface area contributed by atoms with Crippen molar-refractivity contribution in [3.05, 3.63) is 34.6 Å². The molecule has 0 saturated carbocycles. The van der Waals surface area contributed by atoms with E-state index < -0.39 is 11.2 Å². The highest BCUT2D eigenvalue weighted by Crippen LogP contribution is 2.27. The fourth-order valence-electron chi connectivity index (χ4n) is 1.34. The van der Waals surface area contributed by atoms with Crippen molar-refractivity contribution < 1.29 is 9.50 Å². The minimum Gasteiger partial charge on any atom is -0.396 e. The molecule has 0 radical (unpaired) electrons. The molecule has 0 spiro atoms. The molecule has 4 heteroatoms. The van der Waals surface area contributed by atoms with Crippen molar-refractivity contribution in [1.82, 2.24) is 0 Å². The van der Waals surface area contributed by atoms with Gasteiger partial charge >= 0.3 is 0 Å². The zero-order valence-electron chi connectivity index (χ0n) is 8.63. The van der Waals surface area contributed by atoms with Gasteiger partial charge in [-0.25, -0.2) is 4.39 Å². The van der Waals surface area contributed by atoms with E-state index in [2.05, 4.69) is 0 Å². The predicted molar refractivity (Wildman–Crippen MR) is 59.4 cm³/mol. The van der Waals surface area contributed by atoms with Crippen molar-refractivity contribution in [2.75, 3.05) is 13.2 Å². The van der Waals surface area contributed by atoms with Crippen LogP contribution in [0.25, 0.3) is 0 Å². The maximum absolute atomic E-state index is 13.1. The van der Waals surface area contributed by atoms with Crippen LogP contribution in [0.5, 0.6) is 0 Å². The molecule has 84 valence electrons. The van der Waals surface area contributed by atoms with Gasteiger partial charge in [0.25, 0.3) is 0 Å². The quantitative estimate of drug-likeness (QED) is 0.833. The number of nitrogens with two attached hydrogens (primary N) is 1. The molecule has 0 saturated heterocycles. The molecule has 0 amide bonds. The average molecular weight is 232 g/mol. The number of halogens is 2. The van der Waals surface area contributed by atoms with Crippen LogP contribution in [0, 0.1) is 11.2 Å². The van der Waals surface area contributed by atoms with Gasteiger partial charge in [0, 0.05) is 18.6 Å². The lowest BCUT2D eigenvalue weighted by molar-refractivity contribution is 0.149. The van der Waals surface area contributed by atoms with Crippen LogP contribution in [0.4, 0.5) is 4.39 Å². The van der Waals surface area contributed by atoms with E-state index in [0.717, 1.165) is 0 Å². The standard InChI is InChI=1S/C11H15ClFNO/c1-11(6-14,7-15)5-8-3-2-4-9(13)10(8)12/h2-4,15H,5-7,14H2,1H3. The summed E-state index contributed by atoms with van der Waals surface area (Å²) in [7, 11) is 0. The second kappa shape index (κ2) is 4.92. The van der Waals surface area contributed by atoms with Gasteiger partial charge in [0.2, 0.25) is 0 Å². The Bertz CT molecular complexity index is 339. The van der Waals surface area contributed by atoms with Gasteiger partial charge in [0.1, 0.15) is 5.82 Å². The minimum atomic E-state index is -0.447. The van der Waals surface area contributed by atoms with Crippen LogP contribution in [-0.4, -0.2) is 18.3 Å². The molecule has 0 heterocycles. The summed E-state index contributed by atoms with van der Waals surface area (Å²) in [5.74, 6) is -0.438. The number of hydrogen-bond acceptors (Lipinski definition) is 2. The van der Waals surface area contributed by atoms with Crippen molar-refractivity contribution >= 4 is 11.6 Å². The summed E-state index contributed by atoms with van der Waals surface area (Å²) < 4.78 is 13.1. The van der Waals surface area contributed by atoms with Gasteiger partial charge in [-0.15, -0.1) is 0 Å². The van der Waals surface area contributed by atoms with Crippen LogP contribution in [0.1, 0.15) is 12.5 Å². The first-order chi connectivity index (χ1) is 7.02. The molecule has 1 aromatic carbocycles. The first-order valence-corrected chi connectivity index (χ1v) is 5.14. The van der Waals surface area contributed by atoms with E-state index in [4.69, 9.17) is 17.3 Å². The van der Waals surface area contributed by atoms with Crippen molar-refractivity contribution in [2.45, 2.75) is 13.3 Å². The number of hydrogen-bond donors (Lipinski definition) is 2. The molecular weight excluding hydrogens is 217 g/mol. The van der Waals surface area contributed by atoms with E-state index in [1.54, 1.807) is 12.1 Å². The first-order valence-electron chi connectivity index (χ1n) is 4.76. The summed E-state index contributed by atoms with van der Waals surface area (Å²) in [5, 5.41) is 9.31. The molecule has 15 heavy (non-hydrogen) atoms. The highest BCUT2D eigenvalue weighted by atomic mass is 35.5. The molecule has 0 aliphatic rings. The van der Waals surface area contributed by atoms with Gasteiger partial charge in [-0.05, 0) is 18.1 Å². The Morgan fingerprint density at radius 2 is 2.20 bits per heavy atom. The Balaban J connectivity index is 2.94. The summed E-state index contributed by atoms with van der Waals surface area (Å²) in [4.78, 5) is 0. The minimum absolute atomic E-state index is 0.0453. The summed E-state index contributed by atoms with van der Waals surface area (Å²) in [5.41, 5.74) is 5.79. The lowest BCUT2D eigenvalue weighted by Crippen LogP contribution is -2.33. The van der Waals surface area contributed by atoms with Crippen molar-refractivity contribution in [3.8, 4) is 0 Å². The third kappa shape index (κ3) is 2.91. The summed E-state index contributed by atoms with van der Waals surface area (Å²) in [6.45, 7) is 2.13. The number of rotatable bonds is 4. The molecular formula is C11H15ClFNO. The largest absolute Gasteiger partial charge is 0.396 e. The molecule has 1 aromatic rings. The second-order valence-electron chi connectivity index (χ2n) is 4.06. The molecule has 1 rings (SSSR count). The van der Waals surface area contributed by atoms with E-state index in [1.165, 1.54) is 6.07 Å². The summed E-state index contributed by atoms with van der Waals surface area (Å²) in [6.07, 6.45) is 0.469. The van der Waals surface area contributed by atoms with Crippen LogP contribution in [-0.2, 0) is 6.42 Å². The molecule has 1 atom stereocenters. The Labute approximate surface area is 93.9 Å². The molecule has 0 bridgehead atoms. The fraction of sp³-hybridized carbons (Fsp3) is 0.455. The van der Waals surface area contributed by atoms with Crippen LogP contribution >= 0.6 is 11.6 Å². The molecule has 0 fully saturated rings. The van der Waals surface area contributed by atoms with Crippen LogP contribution in [0.3, 0.4) is 0 Å². The van der Waals surface area contributed by atoms with E-state index in [-0.39, 0.29) is 11.6 Å². The summed E-state index contributed by atoms with van der Waals surface area (Å²) >= 11 is 5.82. The van der Waals surface area contributed by atoms with Crippen LogP contribution in [0.2, 0.25) is 5.02 Å². The maximum atomic E-state index is 13.1. The molecule has 1 unspecified atom stereocenters. The van der Waals surface area contributed by atoms with E-state index in [1.807, 2.05) is 6.92 Å². The second-order valence-corrected chi connectivity index (χ2v) is 4.44. The third-order valence-electron chi connectivity index (χ3n) is 2.52. The number of aliphatic hydroxyl groups is 1. The van der Waals surface area contributed by atoms with Gasteiger partial charge in [-0.1, -0.05) is 30.7 Å². The highest BCUT2D eigenvalue weighted by molar-refractivity contribution is 6.31. The normalized spacial score (nSPS) is 15.0. The van der Waals surface area contributed by atoms with E-state index in [9.17, 15) is 9.50 Å². The van der Waals surface area contributed by atoms with Crippen LogP contribution < -0.4 is 5.73 Å². The Morgan fingerprint density at radius 1 is 1.53 bits per heavy atom. The van der Waals surface area contributed by atoms with Gasteiger partial charge < -0.3 is 10.8 Å². The Hall–Kier alpha value is -0.640. The van der Waals surface area contributed by atoms with Crippen molar-refractivity contribution in [2.24, 2.45) is 11.1 Å². The topological polar surface area (TPSA) is 46.2 Å². The fourth-order valence-corrected chi connectivity index (χ4v) is 1.53. The van der Waals surface area contributed by atoms with Gasteiger partial charge in [0.05, 0.1) is 5.02 Å². The Kier molecular flexibility index (Phi) is 4.08. The molecule has 3 N–H and O–H groups in total. The van der Waals surface area contributed by atoms with Gasteiger partial charge in [-0.3, -0.25) is 0 Å². The third-order valence-corrected chi connectivity index (χ3v) is 2.95. The average Bonchev–Trinajstić information content (AvgIpc) is 2.25. The SMILES string of the molecule is CC(CN)(CO)Cc1cccc(F)c1Cl. The molecule has 0 aliphatic heterocycles. The van der Waals surface area contributed by atoms with Crippen molar-refractivity contribution in [1.29, 1.82) is 0 Å². The molecule has 0 aromatic heterocycles. The Morgan fingerprint density at radius 3 is 2.73 bits per heavy atom. The van der Waals surface area contributed by atoms with E-state index >= 15 is 0 Å². The zero-order valence-corrected chi connectivity index (χ0v) is 9.39.